The maximum absolute atomic E-state index is 12.5. The second kappa shape index (κ2) is 9.78. The maximum Gasteiger partial charge on any atom is 0.407 e. The number of alkyl carbamates (subject to hydrolysis) is 1. The SMILES string of the molecule is CC(NC(=O)OCC1c2ccccc2-c2ccccc21)C(C)C(=O)NCc1cc(C(=O)O)no1. The van der Waals surface area contributed by atoms with Crippen LogP contribution in [0, 0.1) is 5.92 Å². The molecule has 34 heavy (non-hydrogen) atoms. The first kappa shape index (κ1) is 23.0. The van der Waals surface area contributed by atoms with Gasteiger partial charge in [-0.25, -0.2) is 9.59 Å². The van der Waals surface area contributed by atoms with Crippen molar-refractivity contribution in [1.82, 2.24) is 15.8 Å². The Hall–Kier alpha value is -4.14. The molecule has 1 aliphatic carbocycles. The van der Waals surface area contributed by atoms with Gasteiger partial charge in [0, 0.05) is 18.0 Å². The molecule has 2 atom stereocenters. The Labute approximate surface area is 196 Å². The first-order valence-corrected chi connectivity index (χ1v) is 10.9. The van der Waals surface area contributed by atoms with Crippen LogP contribution in [-0.2, 0) is 16.1 Å². The third kappa shape index (κ3) is 4.78. The van der Waals surface area contributed by atoms with Crippen LogP contribution in [0.2, 0.25) is 0 Å². The van der Waals surface area contributed by atoms with E-state index in [2.05, 4.69) is 27.9 Å². The lowest BCUT2D eigenvalue weighted by atomic mass is 9.98. The summed E-state index contributed by atoms with van der Waals surface area (Å²) in [4.78, 5) is 35.8. The lowest BCUT2D eigenvalue weighted by molar-refractivity contribution is -0.125. The van der Waals surface area contributed by atoms with E-state index in [1.165, 1.54) is 6.07 Å². The summed E-state index contributed by atoms with van der Waals surface area (Å²) in [5, 5.41) is 17.6. The molecule has 0 saturated carbocycles. The molecule has 0 bridgehead atoms. The molecule has 0 saturated heterocycles. The molecule has 0 aliphatic heterocycles. The zero-order valence-electron chi connectivity index (χ0n) is 18.8. The molecule has 9 heteroatoms. The number of fused-ring (bicyclic) bond motifs is 3. The average molecular weight is 463 g/mol. The van der Waals surface area contributed by atoms with Crippen LogP contribution in [0.3, 0.4) is 0 Å². The Morgan fingerprint density at radius 3 is 2.26 bits per heavy atom. The summed E-state index contributed by atoms with van der Waals surface area (Å²) < 4.78 is 10.4. The normalized spacial score (nSPS) is 13.9. The fourth-order valence-electron chi connectivity index (χ4n) is 4.01. The van der Waals surface area contributed by atoms with E-state index in [1.54, 1.807) is 13.8 Å². The van der Waals surface area contributed by atoms with Gasteiger partial charge in [-0.15, -0.1) is 0 Å². The maximum atomic E-state index is 12.5. The number of carboxylic acid groups (broad SMARTS) is 1. The van der Waals surface area contributed by atoms with Crippen LogP contribution in [0.1, 0.15) is 47.1 Å². The second-order valence-corrected chi connectivity index (χ2v) is 8.25. The van der Waals surface area contributed by atoms with Crippen molar-refractivity contribution in [1.29, 1.82) is 0 Å². The minimum atomic E-state index is -1.21. The number of aromatic nitrogens is 1. The minimum absolute atomic E-state index is 0.0128. The number of benzene rings is 2. The molecule has 9 nitrogen and oxygen atoms in total. The lowest BCUT2D eigenvalue weighted by Crippen LogP contribution is -2.44. The largest absolute Gasteiger partial charge is 0.476 e. The van der Waals surface area contributed by atoms with Crippen LogP contribution in [0.25, 0.3) is 11.1 Å². The second-order valence-electron chi connectivity index (χ2n) is 8.25. The highest BCUT2D eigenvalue weighted by molar-refractivity contribution is 5.85. The van der Waals surface area contributed by atoms with Crippen molar-refractivity contribution in [2.75, 3.05) is 6.61 Å². The number of aromatic carboxylic acids is 1. The molecule has 0 fully saturated rings. The topological polar surface area (TPSA) is 131 Å². The van der Waals surface area contributed by atoms with E-state index in [0.717, 1.165) is 22.3 Å². The van der Waals surface area contributed by atoms with Gasteiger partial charge < -0.3 is 25.0 Å². The van der Waals surface area contributed by atoms with Gasteiger partial charge in [0.05, 0.1) is 12.5 Å². The summed E-state index contributed by atoms with van der Waals surface area (Å²) in [7, 11) is 0. The molecule has 176 valence electrons. The fourth-order valence-corrected chi connectivity index (χ4v) is 4.01. The van der Waals surface area contributed by atoms with E-state index >= 15 is 0 Å². The summed E-state index contributed by atoms with van der Waals surface area (Å²) in [5.74, 6) is -1.94. The van der Waals surface area contributed by atoms with Gasteiger partial charge in [-0.3, -0.25) is 4.79 Å². The third-order valence-corrected chi connectivity index (χ3v) is 6.07. The number of carbonyl (C=O) groups excluding carboxylic acids is 2. The Morgan fingerprint density at radius 1 is 1.06 bits per heavy atom. The molecular formula is C25H25N3O6. The molecular weight excluding hydrogens is 438 g/mol. The highest BCUT2D eigenvalue weighted by atomic mass is 16.5. The fraction of sp³-hybridized carbons (Fsp3) is 0.280. The number of nitrogens with zero attached hydrogens (tertiary/aromatic N) is 1. The first-order chi connectivity index (χ1) is 16.3. The summed E-state index contributed by atoms with van der Waals surface area (Å²) in [6.45, 7) is 3.56. The van der Waals surface area contributed by atoms with Crippen molar-refractivity contribution < 1.29 is 28.8 Å². The van der Waals surface area contributed by atoms with Crippen LogP contribution >= 0.6 is 0 Å². The van der Waals surface area contributed by atoms with E-state index in [0.29, 0.717) is 0 Å². The van der Waals surface area contributed by atoms with Crippen molar-refractivity contribution in [3.8, 4) is 11.1 Å². The summed E-state index contributed by atoms with van der Waals surface area (Å²) in [5.41, 5.74) is 4.30. The van der Waals surface area contributed by atoms with Crippen molar-refractivity contribution in [2.45, 2.75) is 32.4 Å². The number of carbonyl (C=O) groups is 3. The van der Waals surface area contributed by atoms with Crippen molar-refractivity contribution >= 4 is 18.0 Å². The van der Waals surface area contributed by atoms with Crippen LogP contribution in [-0.4, -0.2) is 40.9 Å². The monoisotopic (exact) mass is 463 g/mol. The molecule has 2 amide bonds. The number of hydrogen-bond donors (Lipinski definition) is 3. The van der Waals surface area contributed by atoms with E-state index in [9.17, 15) is 14.4 Å². The molecule has 4 rings (SSSR count). The summed E-state index contributed by atoms with van der Waals surface area (Å²) in [6, 6.07) is 16.9. The predicted octanol–water partition coefficient (Wildman–Crippen LogP) is 3.55. The number of amides is 2. The van der Waals surface area contributed by atoms with Gasteiger partial charge >= 0.3 is 12.1 Å². The van der Waals surface area contributed by atoms with Crippen molar-refractivity contribution in [3.63, 3.8) is 0 Å². The number of rotatable bonds is 8. The van der Waals surface area contributed by atoms with Gasteiger partial charge in [-0.1, -0.05) is 60.6 Å². The van der Waals surface area contributed by atoms with Crippen LogP contribution in [0.15, 0.2) is 59.1 Å². The number of nitrogens with one attached hydrogen (secondary N) is 2. The lowest BCUT2D eigenvalue weighted by Gasteiger charge is -2.21. The van der Waals surface area contributed by atoms with Crippen LogP contribution in [0.5, 0.6) is 0 Å². The Kier molecular flexibility index (Phi) is 6.62. The van der Waals surface area contributed by atoms with Gasteiger partial charge in [0.25, 0.3) is 0 Å². The van der Waals surface area contributed by atoms with Crippen molar-refractivity contribution in [3.05, 3.63) is 77.2 Å². The molecule has 3 aromatic rings. The minimum Gasteiger partial charge on any atom is -0.476 e. The molecule has 1 aromatic heterocycles. The van der Waals surface area contributed by atoms with E-state index in [4.69, 9.17) is 14.4 Å². The van der Waals surface area contributed by atoms with Crippen LogP contribution in [0.4, 0.5) is 4.79 Å². The quantitative estimate of drug-likeness (QED) is 0.466. The Balaban J connectivity index is 1.29. The van der Waals surface area contributed by atoms with Gasteiger partial charge in [-0.2, -0.15) is 0 Å². The summed E-state index contributed by atoms with van der Waals surface area (Å²) in [6.07, 6.45) is -0.602. The van der Waals surface area contributed by atoms with Crippen molar-refractivity contribution in [2.24, 2.45) is 5.92 Å². The Bertz CT molecular complexity index is 1180. The standard InChI is InChI=1S/C25H25N3O6/c1-14(23(29)26-12-16-11-22(24(30)31)28-34-16)15(2)27-25(32)33-13-21-19-9-5-3-7-17(19)18-8-4-6-10-20(18)21/h3-11,14-15,21H,12-13H2,1-2H3,(H,26,29)(H,27,32)(H,30,31). The number of ether oxygens (including phenoxy) is 1. The average Bonchev–Trinajstić information content (AvgIpc) is 3.44. The summed E-state index contributed by atoms with van der Waals surface area (Å²) >= 11 is 0. The smallest absolute Gasteiger partial charge is 0.407 e. The highest BCUT2D eigenvalue weighted by Crippen LogP contribution is 2.44. The predicted molar refractivity (Wildman–Crippen MR) is 122 cm³/mol. The van der Waals surface area contributed by atoms with Crippen LogP contribution < -0.4 is 10.6 Å². The number of hydrogen-bond acceptors (Lipinski definition) is 6. The van der Waals surface area contributed by atoms with E-state index in [1.807, 2.05) is 36.4 Å². The molecule has 0 radical (unpaired) electrons. The highest BCUT2D eigenvalue weighted by Gasteiger charge is 2.29. The molecule has 2 unspecified atom stereocenters. The molecule has 0 spiro atoms. The number of carboxylic acids is 1. The first-order valence-electron chi connectivity index (χ1n) is 10.9. The van der Waals surface area contributed by atoms with Gasteiger partial charge in [0.2, 0.25) is 5.91 Å². The zero-order chi connectivity index (χ0) is 24.2. The molecule has 1 heterocycles. The zero-order valence-corrected chi connectivity index (χ0v) is 18.8. The molecule has 3 N–H and O–H groups in total. The molecule has 2 aromatic carbocycles. The molecule has 1 aliphatic rings. The van der Waals surface area contributed by atoms with E-state index in [-0.39, 0.29) is 36.4 Å². The van der Waals surface area contributed by atoms with Gasteiger partial charge in [-0.05, 0) is 29.2 Å². The van der Waals surface area contributed by atoms with Gasteiger partial charge in [0.15, 0.2) is 11.5 Å². The Morgan fingerprint density at radius 2 is 1.68 bits per heavy atom. The third-order valence-electron chi connectivity index (χ3n) is 6.07. The van der Waals surface area contributed by atoms with E-state index < -0.39 is 24.0 Å². The van der Waals surface area contributed by atoms with Gasteiger partial charge in [0.1, 0.15) is 6.61 Å².